The summed E-state index contributed by atoms with van der Waals surface area (Å²) < 4.78 is 0. The summed E-state index contributed by atoms with van der Waals surface area (Å²) in [5.41, 5.74) is 2.03. The molecule has 0 spiro atoms. The van der Waals surface area contributed by atoms with E-state index >= 15 is 0 Å². The second-order valence-electron chi connectivity index (χ2n) is 7.33. The Hall–Kier alpha value is -1.98. The molecule has 1 aliphatic rings. The van der Waals surface area contributed by atoms with Crippen molar-refractivity contribution in [1.29, 1.82) is 0 Å². The van der Waals surface area contributed by atoms with Gasteiger partial charge < -0.3 is 15.3 Å². The van der Waals surface area contributed by atoms with Gasteiger partial charge in [0.05, 0.1) is 6.61 Å². The molecule has 0 saturated carbocycles. The fraction of sp³-hybridized carbons (Fsp3) is 0.500. The van der Waals surface area contributed by atoms with Crippen LogP contribution in [0.3, 0.4) is 0 Å². The van der Waals surface area contributed by atoms with Crippen molar-refractivity contribution < 1.29 is 5.11 Å². The van der Waals surface area contributed by atoms with Crippen LogP contribution in [0, 0.1) is 5.92 Å². The number of aliphatic hydroxyl groups is 1. The highest BCUT2D eigenvalue weighted by Gasteiger charge is 2.34. The van der Waals surface area contributed by atoms with Gasteiger partial charge in [-0.25, -0.2) is 9.97 Å². The van der Waals surface area contributed by atoms with Crippen LogP contribution in [0.5, 0.6) is 0 Å². The maximum absolute atomic E-state index is 9.94. The first kappa shape index (κ1) is 17.8. The maximum atomic E-state index is 9.94. The van der Waals surface area contributed by atoms with E-state index in [2.05, 4.69) is 46.2 Å². The Morgan fingerprint density at radius 1 is 1.20 bits per heavy atom. The van der Waals surface area contributed by atoms with Crippen LogP contribution in [0.4, 0.5) is 5.82 Å². The van der Waals surface area contributed by atoms with Crippen LogP contribution in [0.25, 0.3) is 11.1 Å². The molecule has 0 radical (unpaired) electrons. The minimum atomic E-state index is -0.166. The molecule has 1 aromatic heterocycles. The molecule has 2 aromatic rings. The molecule has 5 heteroatoms. The van der Waals surface area contributed by atoms with Crippen LogP contribution in [0.2, 0.25) is 0 Å². The molecule has 1 aromatic carbocycles. The molecule has 1 saturated heterocycles. The van der Waals surface area contributed by atoms with Gasteiger partial charge in [-0.05, 0) is 30.9 Å². The van der Waals surface area contributed by atoms with Crippen LogP contribution in [-0.4, -0.2) is 46.9 Å². The predicted molar refractivity (Wildman–Crippen MR) is 102 cm³/mol. The highest BCUT2D eigenvalue weighted by molar-refractivity contribution is 5.75. The summed E-state index contributed by atoms with van der Waals surface area (Å²) in [5.74, 6) is 1.56. The molecule has 1 aliphatic heterocycles. The van der Waals surface area contributed by atoms with Gasteiger partial charge in [0.25, 0.3) is 0 Å². The van der Waals surface area contributed by atoms with Gasteiger partial charge in [-0.3, -0.25) is 0 Å². The summed E-state index contributed by atoms with van der Waals surface area (Å²) in [6, 6.07) is 10.3. The third-order valence-electron chi connectivity index (χ3n) is 4.98. The first-order valence-corrected chi connectivity index (χ1v) is 9.10. The van der Waals surface area contributed by atoms with E-state index in [1.165, 1.54) is 0 Å². The van der Waals surface area contributed by atoms with Crippen molar-refractivity contribution in [2.45, 2.75) is 32.2 Å². The molecule has 0 atom stereocenters. The molecule has 25 heavy (non-hydrogen) atoms. The van der Waals surface area contributed by atoms with E-state index in [9.17, 15) is 5.11 Å². The Kier molecular flexibility index (Phi) is 5.66. The van der Waals surface area contributed by atoms with E-state index in [0.29, 0.717) is 5.92 Å². The van der Waals surface area contributed by atoms with Crippen LogP contribution >= 0.6 is 0 Å². The molecule has 134 valence electrons. The smallest absolute Gasteiger partial charge is 0.139 e. The Labute approximate surface area is 150 Å². The molecule has 2 N–H and O–H groups in total. The number of nitrogens with zero attached hydrogens (tertiary/aromatic N) is 3. The van der Waals surface area contributed by atoms with Gasteiger partial charge in [0.15, 0.2) is 0 Å². The summed E-state index contributed by atoms with van der Waals surface area (Å²) in [5, 5.41) is 13.5. The number of hydrogen-bond donors (Lipinski definition) is 2. The van der Waals surface area contributed by atoms with Crippen LogP contribution in [0.1, 0.15) is 26.7 Å². The average molecular weight is 340 g/mol. The second-order valence-corrected chi connectivity index (χ2v) is 7.33. The minimum Gasteiger partial charge on any atom is -0.394 e. The lowest BCUT2D eigenvalue weighted by Crippen LogP contribution is -2.56. The normalized spacial score (nSPS) is 17.0. The van der Waals surface area contributed by atoms with Crippen molar-refractivity contribution >= 4 is 5.82 Å². The molecule has 0 aliphatic carbocycles. The Bertz CT molecular complexity index is 666. The summed E-state index contributed by atoms with van der Waals surface area (Å²) in [6.45, 7) is 7.26. The third-order valence-corrected chi connectivity index (χ3v) is 4.98. The predicted octanol–water partition coefficient (Wildman–Crippen LogP) is 2.72. The number of piperidine rings is 1. The monoisotopic (exact) mass is 340 g/mol. The van der Waals surface area contributed by atoms with Gasteiger partial charge in [-0.1, -0.05) is 44.2 Å². The number of benzene rings is 1. The van der Waals surface area contributed by atoms with Gasteiger partial charge in [-0.2, -0.15) is 0 Å². The van der Waals surface area contributed by atoms with Gasteiger partial charge in [0.2, 0.25) is 0 Å². The third kappa shape index (κ3) is 4.17. The fourth-order valence-electron chi connectivity index (χ4n) is 3.35. The van der Waals surface area contributed by atoms with Crippen LogP contribution in [0.15, 0.2) is 42.9 Å². The van der Waals surface area contributed by atoms with Crippen molar-refractivity contribution in [3.63, 3.8) is 0 Å². The lowest BCUT2D eigenvalue weighted by molar-refractivity contribution is 0.130. The van der Waals surface area contributed by atoms with Crippen LogP contribution < -0.4 is 10.2 Å². The number of nitrogens with one attached hydrogen (secondary N) is 1. The zero-order chi connectivity index (χ0) is 17.7. The fourth-order valence-corrected chi connectivity index (χ4v) is 3.35. The number of anilines is 1. The highest BCUT2D eigenvalue weighted by atomic mass is 16.3. The zero-order valence-electron chi connectivity index (χ0n) is 15.2. The zero-order valence-corrected chi connectivity index (χ0v) is 15.2. The summed E-state index contributed by atoms with van der Waals surface area (Å²) >= 11 is 0. The molecule has 0 unspecified atom stereocenters. The van der Waals surface area contributed by atoms with Gasteiger partial charge in [0, 0.05) is 30.4 Å². The minimum absolute atomic E-state index is 0.166. The van der Waals surface area contributed by atoms with Gasteiger partial charge >= 0.3 is 0 Å². The Morgan fingerprint density at radius 2 is 1.92 bits per heavy atom. The summed E-state index contributed by atoms with van der Waals surface area (Å²) in [7, 11) is 0. The quantitative estimate of drug-likeness (QED) is 0.847. The van der Waals surface area contributed by atoms with Gasteiger partial charge in [0.1, 0.15) is 12.1 Å². The lowest BCUT2D eigenvalue weighted by atomic mass is 9.87. The van der Waals surface area contributed by atoms with Crippen molar-refractivity contribution in [3.05, 3.63) is 42.9 Å². The highest BCUT2D eigenvalue weighted by Crippen LogP contribution is 2.32. The summed E-state index contributed by atoms with van der Waals surface area (Å²) in [4.78, 5) is 11.1. The Balaban J connectivity index is 1.75. The van der Waals surface area contributed by atoms with Gasteiger partial charge in [-0.15, -0.1) is 0 Å². The average Bonchev–Trinajstić information content (AvgIpc) is 2.67. The lowest BCUT2D eigenvalue weighted by Gasteiger charge is -2.42. The van der Waals surface area contributed by atoms with Crippen molar-refractivity contribution in [3.8, 4) is 11.1 Å². The number of aromatic nitrogens is 2. The van der Waals surface area contributed by atoms with Crippen molar-refractivity contribution in [1.82, 2.24) is 15.3 Å². The first-order valence-electron chi connectivity index (χ1n) is 9.10. The molecular formula is C20H28N4O. The molecule has 0 bridgehead atoms. The number of rotatable bonds is 6. The molecule has 5 nitrogen and oxygen atoms in total. The Morgan fingerprint density at radius 3 is 2.56 bits per heavy atom. The van der Waals surface area contributed by atoms with Crippen molar-refractivity contribution in [2.24, 2.45) is 5.92 Å². The van der Waals surface area contributed by atoms with E-state index in [4.69, 9.17) is 0 Å². The molecule has 3 rings (SSSR count). The van der Waals surface area contributed by atoms with E-state index in [1.54, 1.807) is 6.33 Å². The SMILES string of the molecule is CC(C)CNC1(CO)CCN(c2ncncc2-c2ccccc2)CC1. The van der Waals surface area contributed by atoms with Crippen molar-refractivity contribution in [2.75, 3.05) is 31.1 Å². The topological polar surface area (TPSA) is 61.3 Å². The maximum Gasteiger partial charge on any atom is 0.139 e. The standard InChI is InChI=1S/C20H28N4O/c1-16(2)12-23-20(14-25)8-10-24(11-9-20)19-18(13-21-15-22-19)17-6-4-3-5-7-17/h3-7,13,15-16,23,25H,8-12,14H2,1-2H3. The molecular weight excluding hydrogens is 312 g/mol. The summed E-state index contributed by atoms with van der Waals surface area (Å²) in [6.07, 6.45) is 5.33. The largest absolute Gasteiger partial charge is 0.394 e. The first-order chi connectivity index (χ1) is 12.1. The number of hydrogen-bond acceptors (Lipinski definition) is 5. The van der Waals surface area contributed by atoms with E-state index in [-0.39, 0.29) is 12.1 Å². The molecule has 1 fully saturated rings. The number of aliphatic hydroxyl groups excluding tert-OH is 1. The van der Waals surface area contributed by atoms with E-state index < -0.39 is 0 Å². The second kappa shape index (κ2) is 7.93. The molecule has 0 amide bonds. The van der Waals surface area contributed by atoms with Crippen LogP contribution in [-0.2, 0) is 0 Å². The molecule has 2 heterocycles. The van der Waals surface area contributed by atoms with E-state index in [0.717, 1.165) is 49.4 Å². The van der Waals surface area contributed by atoms with E-state index in [1.807, 2.05) is 24.4 Å².